The number of hydrogen-bond acceptors (Lipinski definition) is 1. The molecule has 0 aliphatic heterocycles. The molecule has 0 bridgehead atoms. The molecule has 18 heavy (non-hydrogen) atoms. The molecular formula is C15H16ClNO. The second-order valence-electron chi connectivity index (χ2n) is 4.59. The van der Waals surface area contributed by atoms with E-state index in [9.17, 15) is 4.79 Å². The van der Waals surface area contributed by atoms with Crippen LogP contribution in [0.2, 0.25) is 5.02 Å². The first-order valence-electron chi connectivity index (χ1n) is 5.92. The third-order valence-electron chi connectivity index (χ3n) is 3.04. The van der Waals surface area contributed by atoms with Crippen LogP contribution in [0.3, 0.4) is 0 Å². The molecular weight excluding hydrogens is 246 g/mol. The summed E-state index contributed by atoms with van der Waals surface area (Å²) in [5, 5.41) is 0.716. The number of aryl methyl sites for hydroxylation is 1. The van der Waals surface area contributed by atoms with Gasteiger partial charge in [-0.3, -0.25) is 4.79 Å². The number of nitrogens with zero attached hydrogens (tertiary/aromatic N) is 1. The van der Waals surface area contributed by atoms with Crippen molar-refractivity contribution in [3.05, 3.63) is 52.3 Å². The van der Waals surface area contributed by atoms with Crippen LogP contribution in [0.25, 0.3) is 5.69 Å². The van der Waals surface area contributed by atoms with Gasteiger partial charge in [-0.25, -0.2) is 0 Å². The molecule has 0 unspecified atom stereocenters. The smallest absolute Gasteiger partial charge is 0.134 e. The van der Waals surface area contributed by atoms with E-state index in [4.69, 9.17) is 11.6 Å². The zero-order valence-electron chi connectivity index (χ0n) is 10.8. The van der Waals surface area contributed by atoms with Crippen molar-refractivity contribution in [2.24, 2.45) is 0 Å². The summed E-state index contributed by atoms with van der Waals surface area (Å²) in [5.74, 6) is 0.182. The highest BCUT2D eigenvalue weighted by atomic mass is 35.5. The van der Waals surface area contributed by atoms with E-state index in [1.165, 1.54) is 0 Å². The van der Waals surface area contributed by atoms with Crippen LogP contribution >= 0.6 is 11.6 Å². The summed E-state index contributed by atoms with van der Waals surface area (Å²) in [6.07, 6.45) is 0.486. The van der Waals surface area contributed by atoms with Gasteiger partial charge in [0.05, 0.1) is 0 Å². The molecule has 0 atom stereocenters. The van der Waals surface area contributed by atoms with Gasteiger partial charge in [-0.05, 0) is 50.6 Å². The fourth-order valence-electron chi connectivity index (χ4n) is 2.29. The van der Waals surface area contributed by atoms with Gasteiger partial charge >= 0.3 is 0 Å². The van der Waals surface area contributed by atoms with Crippen LogP contribution < -0.4 is 0 Å². The predicted octanol–water partition coefficient (Wildman–Crippen LogP) is 3.88. The van der Waals surface area contributed by atoms with Crippen molar-refractivity contribution in [3.8, 4) is 5.69 Å². The maximum absolute atomic E-state index is 11.2. The van der Waals surface area contributed by atoms with Crippen molar-refractivity contribution < 1.29 is 4.79 Å². The Bertz CT molecular complexity index is 599. The molecule has 0 saturated heterocycles. The van der Waals surface area contributed by atoms with Gasteiger partial charge in [-0.1, -0.05) is 17.7 Å². The lowest BCUT2D eigenvalue weighted by atomic mass is 10.1. The minimum absolute atomic E-state index is 0.182. The third kappa shape index (κ3) is 2.49. The van der Waals surface area contributed by atoms with Gasteiger partial charge in [-0.2, -0.15) is 0 Å². The number of ketones is 1. The summed E-state index contributed by atoms with van der Waals surface area (Å²) < 4.78 is 2.13. The van der Waals surface area contributed by atoms with Gasteiger partial charge in [0.1, 0.15) is 5.78 Å². The van der Waals surface area contributed by atoms with Gasteiger partial charge in [-0.15, -0.1) is 0 Å². The highest BCUT2D eigenvalue weighted by molar-refractivity contribution is 6.30. The number of carbonyl (C=O) groups excluding carboxylic acids is 1. The molecule has 0 fully saturated rings. The van der Waals surface area contributed by atoms with Crippen LogP contribution in [0.5, 0.6) is 0 Å². The van der Waals surface area contributed by atoms with Gasteiger partial charge in [0.15, 0.2) is 0 Å². The minimum Gasteiger partial charge on any atom is -0.318 e. The van der Waals surface area contributed by atoms with E-state index in [1.54, 1.807) is 6.92 Å². The van der Waals surface area contributed by atoms with E-state index in [0.29, 0.717) is 11.4 Å². The Kier molecular flexibility index (Phi) is 3.58. The highest BCUT2D eigenvalue weighted by Crippen LogP contribution is 2.23. The lowest BCUT2D eigenvalue weighted by Gasteiger charge is -2.10. The number of benzene rings is 1. The molecule has 3 heteroatoms. The van der Waals surface area contributed by atoms with Gasteiger partial charge in [0.25, 0.3) is 0 Å². The molecule has 0 radical (unpaired) electrons. The first-order valence-corrected chi connectivity index (χ1v) is 6.30. The van der Waals surface area contributed by atoms with Gasteiger partial charge < -0.3 is 4.57 Å². The lowest BCUT2D eigenvalue weighted by Crippen LogP contribution is -2.01. The first-order chi connectivity index (χ1) is 8.49. The normalized spacial score (nSPS) is 10.7. The summed E-state index contributed by atoms with van der Waals surface area (Å²) in [4.78, 5) is 11.2. The molecule has 0 N–H and O–H groups in total. The van der Waals surface area contributed by atoms with Crippen LogP contribution in [-0.4, -0.2) is 10.4 Å². The van der Waals surface area contributed by atoms with Gasteiger partial charge in [0, 0.05) is 28.5 Å². The Labute approximate surface area is 112 Å². The summed E-state index contributed by atoms with van der Waals surface area (Å²) in [6.45, 7) is 5.69. The molecule has 0 aliphatic carbocycles. The average molecular weight is 262 g/mol. The van der Waals surface area contributed by atoms with Crippen molar-refractivity contribution in [2.45, 2.75) is 27.2 Å². The monoisotopic (exact) mass is 261 g/mol. The molecule has 2 rings (SSSR count). The SMILES string of the molecule is CC(=O)Cc1cc(C)n(-c2cccc(Cl)c2)c1C. The second-order valence-corrected chi connectivity index (χ2v) is 5.03. The van der Waals surface area contributed by atoms with E-state index < -0.39 is 0 Å². The molecule has 1 heterocycles. The summed E-state index contributed by atoms with van der Waals surface area (Å²) in [7, 11) is 0. The standard InChI is InChI=1S/C15H16ClNO/c1-10-7-13(8-11(2)18)12(3)17(10)15-6-4-5-14(16)9-15/h4-7,9H,8H2,1-3H3. The highest BCUT2D eigenvalue weighted by Gasteiger charge is 2.11. The van der Waals surface area contributed by atoms with E-state index in [0.717, 1.165) is 22.6 Å². The number of rotatable bonds is 3. The zero-order chi connectivity index (χ0) is 13.3. The maximum Gasteiger partial charge on any atom is 0.134 e. The average Bonchev–Trinajstić information content (AvgIpc) is 2.53. The van der Waals surface area contributed by atoms with Crippen LogP contribution in [0.4, 0.5) is 0 Å². The Morgan fingerprint density at radius 2 is 2.00 bits per heavy atom. The van der Waals surface area contributed by atoms with Crippen molar-refractivity contribution >= 4 is 17.4 Å². The fraction of sp³-hybridized carbons (Fsp3) is 0.267. The molecule has 1 aromatic heterocycles. The molecule has 0 aliphatic rings. The molecule has 0 saturated carbocycles. The topological polar surface area (TPSA) is 22.0 Å². The lowest BCUT2D eigenvalue weighted by molar-refractivity contribution is -0.116. The number of hydrogen-bond donors (Lipinski definition) is 0. The first kappa shape index (κ1) is 12.9. The second kappa shape index (κ2) is 4.99. The molecule has 2 nitrogen and oxygen atoms in total. The van der Waals surface area contributed by atoms with E-state index in [1.807, 2.05) is 38.1 Å². The molecule has 1 aromatic carbocycles. The van der Waals surface area contributed by atoms with Crippen molar-refractivity contribution in [1.29, 1.82) is 0 Å². The molecule has 0 spiro atoms. The minimum atomic E-state index is 0.182. The predicted molar refractivity (Wildman–Crippen MR) is 74.6 cm³/mol. The van der Waals surface area contributed by atoms with E-state index in [2.05, 4.69) is 10.6 Å². The van der Waals surface area contributed by atoms with Crippen LogP contribution in [0.1, 0.15) is 23.9 Å². The number of halogens is 1. The Hall–Kier alpha value is -1.54. The zero-order valence-corrected chi connectivity index (χ0v) is 11.6. The number of carbonyl (C=O) groups is 1. The quantitative estimate of drug-likeness (QED) is 0.822. The molecule has 2 aromatic rings. The van der Waals surface area contributed by atoms with Crippen molar-refractivity contribution in [1.82, 2.24) is 4.57 Å². The Balaban J connectivity index is 2.51. The number of aromatic nitrogens is 1. The summed E-state index contributed by atoms with van der Waals surface area (Å²) in [5.41, 5.74) is 4.34. The van der Waals surface area contributed by atoms with E-state index >= 15 is 0 Å². The Morgan fingerprint density at radius 1 is 1.28 bits per heavy atom. The number of Topliss-reactive ketones (excluding diaryl/α,β-unsaturated/α-hetero) is 1. The van der Waals surface area contributed by atoms with Crippen molar-refractivity contribution in [3.63, 3.8) is 0 Å². The fourth-order valence-corrected chi connectivity index (χ4v) is 2.47. The van der Waals surface area contributed by atoms with Crippen LogP contribution in [0.15, 0.2) is 30.3 Å². The maximum atomic E-state index is 11.2. The summed E-state index contributed by atoms with van der Waals surface area (Å²) in [6, 6.07) is 9.80. The third-order valence-corrected chi connectivity index (χ3v) is 3.28. The van der Waals surface area contributed by atoms with Gasteiger partial charge in [0.2, 0.25) is 0 Å². The molecule has 94 valence electrons. The van der Waals surface area contributed by atoms with Crippen LogP contribution in [0, 0.1) is 13.8 Å². The van der Waals surface area contributed by atoms with E-state index in [-0.39, 0.29) is 5.78 Å². The summed E-state index contributed by atoms with van der Waals surface area (Å²) >= 11 is 6.02. The van der Waals surface area contributed by atoms with Crippen LogP contribution in [-0.2, 0) is 11.2 Å². The van der Waals surface area contributed by atoms with Crippen molar-refractivity contribution in [2.75, 3.05) is 0 Å². The Morgan fingerprint density at radius 3 is 2.61 bits per heavy atom. The largest absolute Gasteiger partial charge is 0.318 e. The molecule has 0 amide bonds.